The Morgan fingerprint density at radius 1 is 0.667 bits per heavy atom. The fourth-order valence-electron chi connectivity index (χ4n) is 2.90. The smallest absolute Gasteiger partial charge is 0.0523 e. The van der Waals surface area contributed by atoms with Crippen molar-refractivity contribution in [2.75, 3.05) is 6.61 Å². The van der Waals surface area contributed by atoms with E-state index in [2.05, 4.69) is 104 Å². The Balaban J connectivity index is 2.31. The van der Waals surface area contributed by atoms with Gasteiger partial charge in [0, 0.05) is 5.98 Å². The molecule has 0 aliphatic rings. The monoisotopic (exact) mass is 334 g/mol. The molecule has 0 aromatic heterocycles. The van der Waals surface area contributed by atoms with Crippen LogP contribution in [0.3, 0.4) is 0 Å². The summed E-state index contributed by atoms with van der Waals surface area (Å²) in [6.45, 7) is 0.955. The molecular formula is C22H23OP. The molecular weight excluding hydrogens is 311 g/mol. The van der Waals surface area contributed by atoms with Crippen molar-refractivity contribution in [3.8, 4) is 0 Å². The number of rotatable bonds is 6. The standard InChI is InChI=1S/C22H23OP/c1-2-18-23-19-24(20-12-6-3-7-13-20,21-14-8-4-9-15-21)22-16-10-5-11-17-22/h3-17,19H,2,18H2,1H3. The highest BCUT2D eigenvalue weighted by Crippen LogP contribution is 2.43. The molecule has 122 valence electrons. The van der Waals surface area contributed by atoms with E-state index >= 15 is 0 Å². The number of hydrogen-bond acceptors (Lipinski definition) is 1. The van der Waals surface area contributed by atoms with Crippen molar-refractivity contribution in [2.45, 2.75) is 13.3 Å². The van der Waals surface area contributed by atoms with Crippen LogP contribution >= 0.6 is 6.89 Å². The van der Waals surface area contributed by atoms with Crippen molar-refractivity contribution in [1.29, 1.82) is 0 Å². The van der Waals surface area contributed by atoms with Crippen molar-refractivity contribution < 1.29 is 4.74 Å². The molecule has 0 atom stereocenters. The molecule has 0 saturated carbocycles. The summed E-state index contributed by atoms with van der Waals surface area (Å²) in [6, 6.07) is 32.2. The summed E-state index contributed by atoms with van der Waals surface area (Å²) in [5.74, 6) is 2.12. The zero-order valence-electron chi connectivity index (χ0n) is 14.0. The molecule has 0 fully saturated rings. The van der Waals surface area contributed by atoms with Crippen LogP contribution in [0.1, 0.15) is 13.3 Å². The fourth-order valence-corrected chi connectivity index (χ4v) is 6.42. The summed E-state index contributed by atoms with van der Waals surface area (Å²) < 4.78 is 6.04. The van der Waals surface area contributed by atoms with Gasteiger partial charge in [-0.25, -0.2) is 0 Å². The van der Waals surface area contributed by atoms with Crippen molar-refractivity contribution in [2.24, 2.45) is 0 Å². The number of hydrogen-bond donors (Lipinski definition) is 0. The lowest BCUT2D eigenvalue weighted by Crippen LogP contribution is -2.27. The molecule has 0 aliphatic carbocycles. The van der Waals surface area contributed by atoms with E-state index in [0.29, 0.717) is 0 Å². The molecule has 0 spiro atoms. The SMILES string of the molecule is CCCOC=P(c1ccccc1)(c1ccccc1)c1ccccc1. The molecule has 0 bridgehead atoms. The van der Waals surface area contributed by atoms with E-state index in [0.717, 1.165) is 13.0 Å². The highest BCUT2D eigenvalue weighted by Gasteiger charge is 2.25. The second-order valence-corrected chi connectivity index (χ2v) is 8.91. The molecule has 3 rings (SSSR count). The van der Waals surface area contributed by atoms with Crippen LogP contribution in [0.15, 0.2) is 91.0 Å². The first-order valence-electron chi connectivity index (χ1n) is 8.39. The molecule has 0 aliphatic heterocycles. The minimum atomic E-state index is -1.93. The van der Waals surface area contributed by atoms with E-state index in [1.165, 1.54) is 15.9 Å². The molecule has 0 saturated heterocycles. The van der Waals surface area contributed by atoms with Gasteiger partial charge in [-0.15, -0.1) is 0 Å². The lowest BCUT2D eigenvalue weighted by molar-refractivity contribution is 0.326. The number of ether oxygens (including phenoxy) is 1. The summed E-state index contributed by atoms with van der Waals surface area (Å²) in [4.78, 5) is 0. The molecule has 1 nitrogen and oxygen atoms in total. The second-order valence-electron chi connectivity index (χ2n) is 5.71. The molecule has 24 heavy (non-hydrogen) atoms. The number of benzene rings is 3. The molecule has 0 radical (unpaired) electrons. The zero-order valence-corrected chi connectivity index (χ0v) is 14.9. The van der Waals surface area contributed by atoms with Gasteiger partial charge in [0.25, 0.3) is 0 Å². The largest absolute Gasteiger partial charge is 0.353 e. The van der Waals surface area contributed by atoms with Crippen LogP contribution in [0.25, 0.3) is 0 Å². The van der Waals surface area contributed by atoms with E-state index in [1.54, 1.807) is 0 Å². The Bertz CT molecular complexity index is 692. The first kappa shape index (κ1) is 16.8. The highest BCUT2D eigenvalue weighted by atomic mass is 31.2. The molecule has 0 N–H and O–H groups in total. The van der Waals surface area contributed by atoms with Gasteiger partial charge in [-0.3, -0.25) is 0 Å². The van der Waals surface area contributed by atoms with Crippen LogP contribution in [0.2, 0.25) is 0 Å². The molecule has 0 amide bonds. The Hall–Kier alpha value is -2.08. The van der Waals surface area contributed by atoms with Gasteiger partial charge in [0.05, 0.1) is 6.61 Å². The average Bonchev–Trinajstić information content (AvgIpc) is 2.68. The Labute approximate surface area is 144 Å². The van der Waals surface area contributed by atoms with Crippen LogP contribution in [0, 0.1) is 0 Å². The van der Waals surface area contributed by atoms with Gasteiger partial charge >= 0.3 is 0 Å². The van der Waals surface area contributed by atoms with E-state index in [-0.39, 0.29) is 0 Å². The Kier molecular flexibility index (Phi) is 5.69. The minimum absolute atomic E-state index is 0.744. The molecule has 3 aromatic rings. The van der Waals surface area contributed by atoms with Gasteiger partial charge in [0.2, 0.25) is 0 Å². The van der Waals surface area contributed by atoms with Gasteiger partial charge in [-0.05, 0) is 29.2 Å². The van der Waals surface area contributed by atoms with E-state index < -0.39 is 6.89 Å². The maximum absolute atomic E-state index is 6.04. The first-order valence-corrected chi connectivity index (χ1v) is 10.3. The van der Waals surface area contributed by atoms with Gasteiger partial charge in [-0.1, -0.05) is 97.9 Å². The van der Waals surface area contributed by atoms with Crippen molar-refractivity contribution >= 4 is 28.8 Å². The Morgan fingerprint density at radius 3 is 1.38 bits per heavy atom. The third-order valence-corrected chi connectivity index (χ3v) is 7.85. The third kappa shape index (κ3) is 3.38. The third-order valence-electron chi connectivity index (χ3n) is 4.05. The summed E-state index contributed by atoms with van der Waals surface area (Å²) in [7, 11) is 0. The van der Waals surface area contributed by atoms with Gasteiger partial charge in [0.1, 0.15) is 0 Å². The average molecular weight is 334 g/mol. The zero-order chi connectivity index (χ0) is 16.7. The van der Waals surface area contributed by atoms with E-state index in [4.69, 9.17) is 4.74 Å². The van der Waals surface area contributed by atoms with Crippen LogP contribution in [-0.4, -0.2) is 12.6 Å². The van der Waals surface area contributed by atoms with Crippen molar-refractivity contribution in [1.82, 2.24) is 0 Å². The molecule has 3 aromatic carbocycles. The fraction of sp³-hybridized carbons (Fsp3) is 0.136. The van der Waals surface area contributed by atoms with Crippen molar-refractivity contribution in [3.05, 3.63) is 91.0 Å². The predicted octanol–water partition coefficient (Wildman–Crippen LogP) is 4.17. The predicted molar refractivity (Wildman–Crippen MR) is 107 cm³/mol. The maximum Gasteiger partial charge on any atom is 0.0523 e. The normalized spacial score (nSPS) is 11.2. The van der Waals surface area contributed by atoms with Gasteiger partial charge < -0.3 is 4.74 Å². The summed E-state index contributed by atoms with van der Waals surface area (Å²) in [5, 5.41) is 3.95. The van der Waals surface area contributed by atoms with Crippen molar-refractivity contribution in [3.63, 3.8) is 0 Å². The van der Waals surface area contributed by atoms with Gasteiger partial charge in [-0.2, -0.15) is 0 Å². The lowest BCUT2D eigenvalue weighted by Gasteiger charge is -2.28. The van der Waals surface area contributed by atoms with Crippen LogP contribution in [0.4, 0.5) is 0 Å². The lowest BCUT2D eigenvalue weighted by atomic mass is 10.4. The highest BCUT2D eigenvalue weighted by molar-refractivity contribution is 7.94. The van der Waals surface area contributed by atoms with Crippen LogP contribution in [0.5, 0.6) is 0 Å². The van der Waals surface area contributed by atoms with Gasteiger partial charge in [0.15, 0.2) is 0 Å². The minimum Gasteiger partial charge on any atom is -0.353 e. The quantitative estimate of drug-likeness (QED) is 0.486. The Morgan fingerprint density at radius 2 is 1.04 bits per heavy atom. The summed E-state index contributed by atoms with van der Waals surface area (Å²) >= 11 is 0. The molecule has 2 heteroatoms. The van der Waals surface area contributed by atoms with E-state index in [9.17, 15) is 0 Å². The molecule has 0 heterocycles. The maximum atomic E-state index is 6.04. The summed E-state index contributed by atoms with van der Waals surface area (Å²) in [6.07, 6.45) is 1.01. The van der Waals surface area contributed by atoms with E-state index in [1.807, 2.05) is 0 Å². The first-order chi connectivity index (χ1) is 11.9. The summed E-state index contributed by atoms with van der Waals surface area (Å²) in [5.41, 5.74) is 0. The topological polar surface area (TPSA) is 9.23 Å². The van der Waals surface area contributed by atoms with Crippen LogP contribution < -0.4 is 15.9 Å². The van der Waals surface area contributed by atoms with Crippen LogP contribution in [-0.2, 0) is 4.74 Å². The second kappa shape index (κ2) is 8.15. The molecule has 0 unspecified atom stereocenters.